The third kappa shape index (κ3) is 2.51. The van der Waals surface area contributed by atoms with Gasteiger partial charge in [0.05, 0.1) is 0 Å². The van der Waals surface area contributed by atoms with Crippen LogP contribution in [0.3, 0.4) is 0 Å². The normalized spacial score (nSPS) is 14.1. The Kier molecular flexibility index (Phi) is 3.09. The van der Waals surface area contributed by atoms with Crippen LogP contribution >= 0.6 is 7.44 Å². The van der Waals surface area contributed by atoms with E-state index in [1.54, 1.807) is 12.1 Å². The third-order valence-corrected chi connectivity index (χ3v) is 3.86. The van der Waals surface area contributed by atoms with Gasteiger partial charge >= 0.3 is 0 Å². The monoisotopic (exact) mass is 232 g/mol. The Balaban J connectivity index is 2.25. The molecular formula is C12H13N2OP. The van der Waals surface area contributed by atoms with Crippen LogP contribution in [0, 0.1) is 0 Å². The molecule has 0 saturated heterocycles. The summed E-state index contributed by atoms with van der Waals surface area (Å²) in [5, 5.41) is 3.49. The van der Waals surface area contributed by atoms with Crippen LogP contribution in [0.25, 0.3) is 0 Å². The molecular weight excluding hydrogens is 219 g/mol. The Bertz CT molecular complexity index is 499. The van der Waals surface area contributed by atoms with Crippen LogP contribution in [0.4, 0.5) is 5.69 Å². The average molecular weight is 232 g/mol. The maximum Gasteiger partial charge on any atom is 0.261 e. The number of nitrogens with two attached hydrogens (primary N) is 1. The van der Waals surface area contributed by atoms with Crippen molar-refractivity contribution in [3.63, 3.8) is 0 Å². The van der Waals surface area contributed by atoms with Gasteiger partial charge in [0, 0.05) is 11.0 Å². The molecule has 0 bridgehead atoms. The van der Waals surface area contributed by atoms with Crippen molar-refractivity contribution in [1.29, 1.82) is 0 Å². The van der Waals surface area contributed by atoms with Gasteiger partial charge < -0.3 is 5.09 Å². The molecule has 0 spiro atoms. The fourth-order valence-corrected chi connectivity index (χ4v) is 2.70. The van der Waals surface area contributed by atoms with Gasteiger partial charge in [0.2, 0.25) is 0 Å². The van der Waals surface area contributed by atoms with Gasteiger partial charge in [0.1, 0.15) is 0 Å². The second kappa shape index (κ2) is 4.52. The molecule has 0 amide bonds. The van der Waals surface area contributed by atoms with E-state index < -0.39 is 7.44 Å². The summed E-state index contributed by atoms with van der Waals surface area (Å²) in [6.07, 6.45) is 0. The molecule has 4 heteroatoms. The van der Waals surface area contributed by atoms with Crippen molar-refractivity contribution in [2.75, 3.05) is 5.09 Å². The number of rotatable bonds is 3. The average Bonchev–Trinajstić information content (AvgIpc) is 2.31. The second-order valence-electron chi connectivity index (χ2n) is 3.47. The van der Waals surface area contributed by atoms with Gasteiger partial charge in [-0.05, 0) is 24.3 Å². The van der Waals surface area contributed by atoms with Gasteiger partial charge in [-0.25, -0.2) is 0 Å². The first-order valence-corrected chi connectivity index (χ1v) is 6.74. The quantitative estimate of drug-likeness (QED) is 0.799. The first-order chi connectivity index (χ1) is 7.68. The highest BCUT2D eigenvalue weighted by Gasteiger charge is 2.17. The van der Waals surface area contributed by atoms with Crippen LogP contribution in [-0.4, -0.2) is 0 Å². The highest BCUT2D eigenvalue weighted by molar-refractivity contribution is 7.70. The molecule has 16 heavy (non-hydrogen) atoms. The molecule has 0 saturated carbocycles. The van der Waals surface area contributed by atoms with Gasteiger partial charge in [0.15, 0.2) is 0 Å². The van der Waals surface area contributed by atoms with Crippen LogP contribution in [0.5, 0.6) is 0 Å². The van der Waals surface area contributed by atoms with E-state index in [-0.39, 0.29) is 0 Å². The van der Waals surface area contributed by atoms with E-state index in [0.29, 0.717) is 5.30 Å². The maximum absolute atomic E-state index is 12.3. The first-order valence-electron chi connectivity index (χ1n) is 4.96. The maximum atomic E-state index is 12.3. The van der Waals surface area contributed by atoms with E-state index in [4.69, 9.17) is 5.50 Å². The van der Waals surface area contributed by atoms with Crippen LogP contribution in [-0.2, 0) is 4.57 Å². The minimum atomic E-state index is -3.02. The van der Waals surface area contributed by atoms with Crippen LogP contribution in [0.1, 0.15) is 0 Å². The molecule has 1 unspecified atom stereocenters. The number of para-hydroxylation sites is 1. The Morgan fingerprint density at radius 1 is 0.875 bits per heavy atom. The summed E-state index contributed by atoms with van der Waals surface area (Å²) < 4.78 is 12.3. The largest absolute Gasteiger partial charge is 0.321 e. The lowest BCUT2D eigenvalue weighted by atomic mass is 10.3. The van der Waals surface area contributed by atoms with Gasteiger partial charge in [0.25, 0.3) is 7.44 Å². The topological polar surface area (TPSA) is 55.1 Å². The Morgan fingerprint density at radius 2 is 1.38 bits per heavy atom. The molecule has 2 aromatic rings. The Labute approximate surface area is 94.8 Å². The predicted octanol–water partition coefficient (Wildman–Crippen LogP) is 2.58. The number of anilines is 1. The van der Waals surface area contributed by atoms with E-state index in [1.807, 2.05) is 48.5 Å². The summed E-state index contributed by atoms with van der Waals surface area (Å²) in [6, 6.07) is 18.3. The van der Waals surface area contributed by atoms with Crippen LogP contribution in [0.15, 0.2) is 60.7 Å². The minimum absolute atomic E-state index is 0.624. The van der Waals surface area contributed by atoms with Gasteiger partial charge in [-0.3, -0.25) is 10.1 Å². The summed E-state index contributed by atoms with van der Waals surface area (Å²) in [5.74, 6) is 0. The van der Waals surface area contributed by atoms with E-state index in [1.165, 1.54) is 0 Å². The van der Waals surface area contributed by atoms with E-state index >= 15 is 0 Å². The van der Waals surface area contributed by atoms with Gasteiger partial charge in [-0.15, -0.1) is 0 Å². The lowest BCUT2D eigenvalue weighted by molar-refractivity contribution is 0.585. The van der Waals surface area contributed by atoms with Crippen molar-refractivity contribution < 1.29 is 4.57 Å². The van der Waals surface area contributed by atoms with E-state index in [2.05, 4.69) is 5.09 Å². The number of hydrogen-bond donors (Lipinski definition) is 2. The summed E-state index contributed by atoms with van der Waals surface area (Å²) in [5.41, 5.74) is 6.58. The molecule has 2 rings (SSSR count). The fraction of sp³-hybridized carbons (Fsp3) is 0. The summed E-state index contributed by atoms with van der Waals surface area (Å²) in [6.45, 7) is 0. The molecule has 0 heterocycles. The molecule has 0 fully saturated rings. The number of benzene rings is 2. The zero-order valence-electron chi connectivity index (χ0n) is 8.71. The smallest absolute Gasteiger partial charge is 0.261 e. The predicted molar refractivity (Wildman–Crippen MR) is 67.9 cm³/mol. The zero-order chi connectivity index (χ0) is 11.4. The molecule has 1 atom stereocenters. The second-order valence-corrected chi connectivity index (χ2v) is 5.53. The van der Waals surface area contributed by atoms with E-state index in [9.17, 15) is 4.57 Å². The molecule has 3 nitrogen and oxygen atoms in total. The summed E-state index contributed by atoms with van der Waals surface area (Å²) in [4.78, 5) is 0. The molecule has 0 radical (unpaired) electrons. The van der Waals surface area contributed by atoms with Crippen molar-refractivity contribution in [3.8, 4) is 0 Å². The van der Waals surface area contributed by atoms with Crippen LogP contribution in [0.2, 0.25) is 0 Å². The molecule has 0 aliphatic heterocycles. The lowest BCUT2D eigenvalue weighted by Crippen LogP contribution is -2.17. The molecule has 0 aromatic heterocycles. The molecule has 0 aliphatic rings. The molecule has 82 valence electrons. The van der Waals surface area contributed by atoms with Crippen molar-refractivity contribution in [3.05, 3.63) is 60.7 Å². The van der Waals surface area contributed by atoms with Gasteiger partial charge in [-0.1, -0.05) is 36.4 Å². The fourth-order valence-electron chi connectivity index (χ4n) is 1.42. The van der Waals surface area contributed by atoms with Crippen molar-refractivity contribution >= 4 is 18.4 Å². The highest BCUT2D eigenvalue weighted by Crippen LogP contribution is 2.35. The lowest BCUT2D eigenvalue weighted by Gasteiger charge is -2.15. The summed E-state index contributed by atoms with van der Waals surface area (Å²) in [7, 11) is -3.02. The van der Waals surface area contributed by atoms with Crippen molar-refractivity contribution in [2.24, 2.45) is 5.50 Å². The minimum Gasteiger partial charge on any atom is -0.321 e. The highest BCUT2D eigenvalue weighted by atomic mass is 31.2. The SMILES string of the molecule is NP(=O)(Nc1ccccc1)c1ccccc1. The zero-order valence-corrected chi connectivity index (χ0v) is 9.60. The third-order valence-electron chi connectivity index (χ3n) is 2.21. The Morgan fingerprint density at radius 3 is 1.94 bits per heavy atom. The van der Waals surface area contributed by atoms with Gasteiger partial charge in [-0.2, -0.15) is 0 Å². The molecule has 3 N–H and O–H groups in total. The van der Waals surface area contributed by atoms with E-state index in [0.717, 1.165) is 5.69 Å². The number of nitrogens with one attached hydrogen (secondary N) is 1. The number of hydrogen-bond acceptors (Lipinski definition) is 1. The molecule has 0 aliphatic carbocycles. The van der Waals surface area contributed by atoms with Crippen molar-refractivity contribution in [2.45, 2.75) is 0 Å². The summed E-state index contributed by atoms with van der Waals surface area (Å²) >= 11 is 0. The first kappa shape index (κ1) is 10.9. The van der Waals surface area contributed by atoms with Crippen LogP contribution < -0.4 is 15.9 Å². The Hall–Kier alpha value is -1.57. The standard InChI is InChI=1S/C12H13N2OP/c13-16(15,12-9-5-2-6-10-12)14-11-7-3-1-4-8-11/h1-10H,(H3,13,14,15). The molecule has 2 aromatic carbocycles. The van der Waals surface area contributed by atoms with Crippen molar-refractivity contribution in [1.82, 2.24) is 0 Å².